The lowest BCUT2D eigenvalue weighted by Gasteiger charge is -2.28. The van der Waals surface area contributed by atoms with Crippen LogP contribution in [0.15, 0.2) is 36.9 Å². The highest BCUT2D eigenvalue weighted by Crippen LogP contribution is 2.38. The zero-order valence-corrected chi connectivity index (χ0v) is 14.5. The second-order valence-corrected chi connectivity index (χ2v) is 7.10. The Morgan fingerprint density at radius 2 is 1.83 bits per heavy atom. The Morgan fingerprint density at radius 1 is 1.08 bits per heavy atom. The fraction of sp³-hybridized carbons (Fsp3) is 0.455. The summed E-state index contributed by atoms with van der Waals surface area (Å²) >= 11 is 0. The van der Waals surface area contributed by atoms with E-state index in [4.69, 9.17) is 0 Å². The number of fused-ring (bicyclic) bond motifs is 1. The highest BCUT2D eigenvalue weighted by molar-refractivity contribution is 5.85. The van der Waals surface area contributed by atoms with Crippen molar-refractivity contribution in [2.75, 3.05) is 0 Å². The summed E-state index contributed by atoms with van der Waals surface area (Å²) in [6.45, 7) is 5.90. The van der Waals surface area contributed by atoms with Crippen LogP contribution >= 0.6 is 0 Å². The Labute approximate surface area is 143 Å². The molecule has 0 amide bonds. The van der Waals surface area contributed by atoms with Crippen LogP contribution in [0, 0.1) is 17.6 Å². The molecule has 1 aliphatic carbocycles. The molecule has 2 aromatic carbocycles. The van der Waals surface area contributed by atoms with E-state index in [-0.39, 0.29) is 0 Å². The van der Waals surface area contributed by atoms with Gasteiger partial charge in [0.25, 0.3) is 0 Å². The normalized spacial score (nSPS) is 21.1. The van der Waals surface area contributed by atoms with Gasteiger partial charge in [-0.2, -0.15) is 0 Å². The number of aryl methyl sites for hydroxylation is 1. The van der Waals surface area contributed by atoms with Gasteiger partial charge in [0.2, 0.25) is 0 Å². The molecule has 0 aliphatic heterocycles. The van der Waals surface area contributed by atoms with Crippen molar-refractivity contribution in [1.29, 1.82) is 0 Å². The van der Waals surface area contributed by atoms with Crippen molar-refractivity contribution >= 4 is 10.8 Å². The molecule has 0 nitrogen and oxygen atoms in total. The summed E-state index contributed by atoms with van der Waals surface area (Å²) in [6.07, 6.45) is 8.94. The van der Waals surface area contributed by atoms with Crippen molar-refractivity contribution in [3.63, 3.8) is 0 Å². The Morgan fingerprint density at radius 3 is 2.50 bits per heavy atom. The Kier molecular flexibility index (Phi) is 5.33. The van der Waals surface area contributed by atoms with Crippen LogP contribution in [-0.2, 0) is 6.42 Å². The molecule has 2 heteroatoms. The van der Waals surface area contributed by atoms with E-state index in [2.05, 4.69) is 19.6 Å². The Bertz CT molecular complexity index is 724. The maximum atomic E-state index is 14.5. The third kappa shape index (κ3) is 3.38. The maximum absolute atomic E-state index is 14.5. The van der Waals surface area contributed by atoms with Gasteiger partial charge in [0.15, 0.2) is 11.6 Å². The zero-order chi connectivity index (χ0) is 17.1. The van der Waals surface area contributed by atoms with E-state index in [1.54, 1.807) is 12.1 Å². The van der Waals surface area contributed by atoms with Crippen LogP contribution in [0.1, 0.15) is 62.5 Å². The summed E-state index contributed by atoms with van der Waals surface area (Å²) in [6, 6.07) is 7.72. The zero-order valence-electron chi connectivity index (χ0n) is 14.5. The lowest BCUT2D eigenvalue weighted by molar-refractivity contribution is 0.319. The number of benzene rings is 2. The van der Waals surface area contributed by atoms with Crippen molar-refractivity contribution in [3.05, 3.63) is 59.7 Å². The summed E-state index contributed by atoms with van der Waals surface area (Å²) in [5.41, 5.74) is 1.60. The minimum atomic E-state index is -0.698. The predicted octanol–water partition coefficient (Wildman–Crippen LogP) is 6.92. The first kappa shape index (κ1) is 17.1. The van der Waals surface area contributed by atoms with E-state index in [9.17, 15) is 8.78 Å². The van der Waals surface area contributed by atoms with Crippen LogP contribution in [0.3, 0.4) is 0 Å². The quantitative estimate of drug-likeness (QED) is 0.522. The molecule has 24 heavy (non-hydrogen) atoms. The van der Waals surface area contributed by atoms with Gasteiger partial charge in [0, 0.05) is 5.39 Å². The molecule has 0 heterocycles. The van der Waals surface area contributed by atoms with Gasteiger partial charge >= 0.3 is 0 Å². The summed E-state index contributed by atoms with van der Waals surface area (Å²) in [4.78, 5) is 0. The average molecular weight is 328 g/mol. The molecular weight excluding hydrogens is 302 g/mol. The van der Waals surface area contributed by atoms with Gasteiger partial charge in [-0.3, -0.25) is 0 Å². The molecule has 0 unspecified atom stereocenters. The first-order valence-electron chi connectivity index (χ1n) is 9.15. The highest BCUT2D eigenvalue weighted by atomic mass is 19.2. The highest BCUT2D eigenvalue weighted by Gasteiger charge is 2.22. The molecule has 1 fully saturated rings. The molecule has 0 aromatic heterocycles. The lowest BCUT2D eigenvalue weighted by Crippen LogP contribution is -2.12. The monoisotopic (exact) mass is 328 g/mol. The molecule has 2 aromatic rings. The molecule has 0 saturated heterocycles. The third-order valence-electron chi connectivity index (χ3n) is 5.63. The van der Waals surface area contributed by atoms with Crippen molar-refractivity contribution in [1.82, 2.24) is 0 Å². The van der Waals surface area contributed by atoms with Crippen molar-refractivity contribution in [2.24, 2.45) is 5.92 Å². The first-order valence-corrected chi connectivity index (χ1v) is 9.15. The van der Waals surface area contributed by atoms with Gasteiger partial charge in [-0.15, -0.1) is 6.58 Å². The Balaban J connectivity index is 1.91. The van der Waals surface area contributed by atoms with Crippen molar-refractivity contribution in [3.8, 4) is 0 Å². The molecule has 1 aliphatic rings. The van der Waals surface area contributed by atoms with Gasteiger partial charge < -0.3 is 0 Å². The van der Waals surface area contributed by atoms with E-state index in [1.165, 1.54) is 19.3 Å². The maximum Gasteiger partial charge on any atom is 0.166 e. The van der Waals surface area contributed by atoms with Crippen LogP contribution in [-0.4, -0.2) is 0 Å². The van der Waals surface area contributed by atoms with E-state index in [0.29, 0.717) is 29.7 Å². The molecule has 0 atom stereocenters. The lowest BCUT2D eigenvalue weighted by atomic mass is 9.77. The molecule has 3 rings (SSSR count). The number of rotatable bonds is 5. The van der Waals surface area contributed by atoms with Crippen molar-refractivity contribution in [2.45, 2.75) is 57.8 Å². The molecular formula is C22H26F2. The van der Waals surface area contributed by atoms with Gasteiger partial charge in [-0.05, 0) is 79.0 Å². The van der Waals surface area contributed by atoms with Crippen LogP contribution in [0.2, 0.25) is 0 Å². The van der Waals surface area contributed by atoms with Crippen LogP contribution in [0.4, 0.5) is 8.78 Å². The number of halogens is 2. The molecule has 128 valence electrons. The largest absolute Gasteiger partial charge is 0.203 e. The van der Waals surface area contributed by atoms with Gasteiger partial charge in [0.05, 0.1) is 0 Å². The standard InChI is InChI=1S/C22H26F2/c1-3-5-6-19-13-18-12-11-17(14-20(18)22(24)21(19)23)16-9-7-15(4-2)8-10-16/h3,11-16H,1,4-10H2,2H3. The van der Waals surface area contributed by atoms with Crippen molar-refractivity contribution < 1.29 is 8.78 Å². The first-order chi connectivity index (χ1) is 11.6. The average Bonchev–Trinajstić information content (AvgIpc) is 2.63. The molecule has 0 bridgehead atoms. The number of hydrogen-bond acceptors (Lipinski definition) is 0. The van der Waals surface area contributed by atoms with Gasteiger partial charge in [-0.25, -0.2) is 8.78 Å². The Hall–Kier alpha value is -1.70. The van der Waals surface area contributed by atoms with Crippen LogP contribution in [0.5, 0.6) is 0 Å². The van der Waals surface area contributed by atoms with Gasteiger partial charge in [-0.1, -0.05) is 31.6 Å². The number of allylic oxidation sites excluding steroid dienone is 1. The summed E-state index contributed by atoms with van der Waals surface area (Å²) in [5.74, 6) is -0.0738. The minimum Gasteiger partial charge on any atom is -0.203 e. The smallest absolute Gasteiger partial charge is 0.166 e. The van der Waals surface area contributed by atoms with E-state index in [0.717, 1.165) is 29.7 Å². The minimum absolute atomic E-state index is 0.421. The SMILES string of the molecule is C=CCCc1cc2ccc(C3CCC(CC)CC3)cc2c(F)c1F. The molecule has 1 saturated carbocycles. The van der Waals surface area contributed by atoms with E-state index >= 15 is 0 Å². The second kappa shape index (κ2) is 7.46. The summed E-state index contributed by atoms with van der Waals surface area (Å²) in [5, 5.41) is 1.21. The summed E-state index contributed by atoms with van der Waals surface area (Å²) in [7, 11) is 0. The fourth-order valence-electron chi connectivity index (χ4n) is 4.00. The second-order valence-electron chi connectivity index (χ2n) is 7.10. The predicted molar refractivity (Wildman–Crippen MR) is 97.4 cm³/mol. The van der Waals surface area contributed by atoms with E-state index in [1.807, 2.05) is 12.1 Å². The molecule has 0 N–H and O–H groups in total. The molecule has 0 radical (unpaired) electrons. The number of hydrogen-bond donors (Lipinski definition) is 0. The van der Waals surface area contributed by atoms with Crippen LogP contribution in [0.25, 0.3) is 10.8 Å². The fourth-order valence-corrected chi connectivity index (χ4v) is 4.00. The molecule has 0 spiro atoms. The third-order valence-corrected chi connectivity index (χ3v) is 5.63. The van der Waals surface area contributed by atoms with Gasteiger partial charge in [0.1, 0.15) is 0 Å². The van der Waals surface area contributed by atoms with E-state index < -0.39 is 11.6 Å². The summed E-state index contributed by atoms with van der Waals surface area (Å²) < 4.78 is 28.9. The topological polar surface area (TPSA) is 0 Å². The van der Waals surface area contributed by atoms with Crippen LogP contribution < -0.4 is 0 Å².